The third kappa shape index (κ3) is 3.59. The van der Waals surface area contributed by atoms with Crippen LogP contribution in [0, 0.1) is 10.8 Å². The molecule has 4 aromatic rings. The van der Waals surface area contributed by atoms with Crippen LogP contribution in [0.5, 0.6) is 0 Å². The van der Waals surface area contributed by atoms with E-state index < -0.39 is 0 Å². The normalized spacial score (nSPS) is 13.5. The predicted molar refractivity (Wildman–Crippen MR) is 135 cm³/mol. The quantitative estimate of drug-likeness (QED) is 0.263. The first-order chi connectivity index (χ1) is 15.5. The Balaban J connectivity index is 1.71. The van der Waals surface area contributed by atoms with Crippen LogP contribution in [0.25, 0.3) is 21.9 Å². The Labute approximate surface area is 191 Å². The van der Waals surface area contributed by atoms with Crippen LogP contribution in [0.1, 0.15) is 18.1 Å². The van der Waals surface area contributed by atoms with Crippen molar-refractivity contribution in [3.63, 3.8) is 0 Å². The summed E-state index contributed by atoms with van der Waals surface area (Å²) >= 11 is 6.11. The lowest BCUT2D eigenvalue weighted by atomic mass is 9.94. The number of rotatable bonds is 2. The van der Waals surface area contributed by atoms with E-state index >= 15 is 0 Å². The zero-order chi connectivity index (χ0) is 22.2. The second kappa shape index (κ2) is 8.06. The molecule has 1 aliphatic heterocycles. The highest BCUT2D eigenvalue weighted by Gasteiger charge is 2.25. The summed E-state index contributed by atoms with van der Waals surface area (Å²) in [6.45, 7) is 1.90. The largest absolute Gasteiger partial charge is 0.288 e. The van der Waals surface area contributed by atoms with E-state index in [1.807, 2.05) is 42.5 Å². The number of fused-ring (bicyclic) bond motifs is 2. The maximum Gasteiger partial charge on any atom is 0.128 e. The molecule has 32 heavy (non-hydrogen) atoms. The lowest BCUT2D eigenvalue weighted by Gasteiger charge is -2.24. The number of halogens is 1. The first-order valence-corrected chi connectivity index (χ1v) is 10.8. The van der Waals surface area contributed by atoms with Gasteiger partial charge in [0.15, 0.2) is 0 Å². The molecule has 0 fully saturated rings. The fourth-order valence-corrected chi connectivity index (χ4v) is 4.29. The maximum absolute atomic E-state index is 8.50. The van der Waals surface area contributed by atoms with Crippen LogP contribution >= 0.6 is 11.6 Å². The van der Waals surface area contributed by atoms with Crippen molar-refractivity contribution in [2.45, 2.75) is 6.92 Å². The van der Waals surface area contributed by atoms with Crippen molar-refractivity contribution in [2.75, 3.05) is 11.4 Å². The Bertz CT molecular complexity index is 1400. The minimum absolute atomic E-state index is 0.203. The molecule has 4 aromatic carbocycles. The molecule has 2 N–H and O–H groups in total. The molecule has 5 heteroatoms. The second-order valence-corrected chi connectivity index (χ2v) is 8.27. The van der Waals surface area contributed by atoms with Gasteiger partial charge < -0.3 is 0 Å². The summed E-state index contributed by atoms with van der Waals surface area (Å²) in [6.07, 6.45) is 0. The van der Waals surface area contributed by atoms with Gasteiger partial charge in [0.1, 0.15) is 11.7 Å². The molecule has 0 atom stereocenters. The maximum atomic E-state index is 8.50. The minimum atomic E-state index is 0.203. The van der Waals surface area contributed by atoms with E-state index in [0.717, 1.165) is 33.7 Å². The van der Waals surface area contributed by atoms with E-state index in [-0.39, 0.29) is 12.4 Å². The average molecular weight is 437 g/mol. The fraction of sp³-hybridized carbons (Fsp3) is 0.0741. The Morgan fingerprint density at radius 2 is 1.50 bits per heavy atom. The van der Waals surface area contributed by atoms with Crippen LogP contribution in [0.3, 0.4) is 0 Å². The van der Waals surface area contributed by atoms with Crippen LogP contribution in [-0.2, 0) is 0 Å². The summed E-state index contributed by atoms with van der Waals surface area (Å²) in [5.41, 5.74) is 5.59. The smallest absolute Gasteiger partial charge is 0.128 e. The lowest BCUT2D eigenvalue weighted by Crippen LogP contribution is -2.35. The van der Waals surface area contributed by atoms with Gasteiger partial charge in [0.25, 0.3) is 0 Å². The van der Waals surface area contributed by atoms with Gasteiger partial charge >= 0.3 is 0 Å². The number of hydrogen-bond donors (Lipinski definition) is 2. The van der Waals surface area contributed by atoms with Crippen LogP contribution in [0.4, 0.5) is 5.69 Å². The van der Waals surface area contributed by atoms with Gasteiger partial charge in [-0.3, -0.25) is 20.7 Å². The molecule has 1 heterocycles. The molecule has 1 aliphatic rings. The number of nitrogens with one attached hydrogen (secondary N) is 2. The Kier molecular flexibility index (Phi) is 5.08. The van der Waals surface area contributed by atoms with E-state index in [9.17, 15) is 0 Å². The Hall–Kier alpha value is -3.76. The standard InChI is InChI=1S/C27H21ClN4/c1-17(29)32-25-13-10-22(21-7-6-18-4-2-3-5-20(18)14-21)15-24(25)27(31-16-26(32)30)19-8-11-23(28)12-9-19/h2-15,29-30H,16H2,1H3. The second-order valence-electron chi connectivity index (χ2n) is 7.83. The summed E-state index contributed by atoms with van der Waals surface area (Å²) < 4.78 is 0. The third-order valence-electron chi connectivity index (χ3n) is 5.69. The molecule has 0 saturated carbocycles. The Morgan fingerprint density at radius 1 is 0.844 bits per heavy atom. The first-order valence-electron chi connectivity index (χ1n) is 10.4. The summed E-state index contributed by atoms with van der Waals surface area (Å²) in [5.74, 6) is 0.573. The molecule has 0 aliphatic carbocycles. The van der Waals surface area contributed by atoms with Crippen molar-refractivity contribution in [3.05, 3.63) is 101 Å². The molecular weight excluding hydrogens is 416 g/mol. The minimum Gasteiger partial charge on any atom is -0.288 e. The molecule has 0 unspecified atom stereocenters. The van der Waals surface area contributed by atoms with Crippen molar-refractivity contribution < 1.29 is 0 Å². The van der Waals surface area contributed by atoms with E-state index in [1.54, 1.807) is 11.8 Å². The summed E-state index contributed by atoms with van der Waals surface area (Å²) in [5, 5.41) is 19.8. The van der Waals surface area contributed by atoms with Gasteiger partial charge in [-0.2, -0.15) is 0 Å². The number of aliphatic imine (C=N–C) groups is 1. The molecule has 0 saturated heterocycles. The number of nitrogens with zero attached hydrogens (tertiary/aromatic N) is 2. The third-order valence-corrected chi connectivity index (χ3v) is 5.94. The van der Waals surface area contributed by atoms with E-state index in [4.69, 9.17) is 27.4 Å². The molecule has 0 bridgehead atoms. The van der Waals surface area contributed by atoms with Crippen LogP contribution < -0.4 is 4.90 Å². The SMILES string of the molecule is CC(=N)N1C(=N)CN=C(c2ccc(Cl)cc2)c2cc(-c3ccc4ccccc4c3)ccc21. The van der Waals surface area contributed by atoms with E-state index in [1.165, 1.54) is 10.8 Å². The number of hydrogen-bond acceptors (Lipinski definition) is 3. The van der Waals surface area contributed by atoms with Gasteiger partial charge in [0.2, 0.25) is 0 Å². The summed E-state index contributed by atoms with van der Waals surface area (Å²) in [7, 11) is 0. The molecule has 0 aromatic heterocycles. The summed E-state index contributed by atoms with van der Waals surface area (Å²) in [4.78, 5) is 6.43. The molecule has 0 radical (unpaired) electrons. The van der Waals surface area contributed by atoms with Crippen LogP contribution in [0.2, 0.25) is 5.02 Å². The van der Waals surface area contributed by atoms with Crippen molar-refractivity contribution in [1.29, 1.82) is 10.8 Å². The molecular formula is C27H21ClN4. The topological polar surface area (TPSA) is 63.3 Å². The zero-order valence-electron chi connectivity index (χ0n) is 17.6. The first kappa shape index (κ1) is 20.2. The van der Waals surface area contributed by atoms with E-state index in [0.29, 0.717) is 10.9 Å². The van der Waals surface area contributed by atoms with Crippen LogP contribution in [-0.4, -0.2) is 23.9 Å². The van der Waals surface area contributed by atoms with Crippen molar-refractivity contribution in [3.8, 4) is 11.1 Å². The predicted octanol–water partition coefficient (Wildman–Crippen LogP) is 6.79. The highest BCUT2D eigenvalue weighted by molar-refractivity contribution is 6.31. The monoisotopic (exact) mass is 436 g/mol. The highest BCUT2D eigenvalue weighted by Crippen LogP contribution is 2.33. The van der Waals surface area contributed by atoms with Gasteiger partial charge in [0, 0.05) is 16.1 Å². The number of benzene rings is 4. The van der Waals surface area contributed by atoms with Gasteiger partial charge in [0.05, 0.1) is 17.9 Å². The highest BCUT2D eigenvalue weighted by atomic mass is 35.5. The Morgan fingerprint density at radius 3 is 2.25 bits per heavy atom. The van der Waals surface area contributed by atoms with Crippen molar-refractivity contribution in [2.24, 2.45) is 4.99 Å². The zero-order valence-corrected chi connectivity index (χ0v) is 18.3. The fourth-order valence-electron chi connectivity index (χ4n) is 4.16. The number of benzodiazepines with no additional fused rings is 1. The van der Waals surface area contributed by atoms with Crippen molar-refractivity contribution >= 4 is 45.4 Å². The molecule has 5 rings (SSSR count). The number of amidine groups is 2. The van der Waals surface area contributed by atoms with Gasteiger partial charge in [-0.25, -0.2) is 0 Å². The van der Waals surface area contributed by atoms with Crippen molar-refractivity contribution in [1.82, 2.24) is 0 Å². The van der Waals surface area contributed by atoms with Gasteiger partial charge in [-0.15, -0.1) is 0 Å². The average Bonchev–Trinajstić information content (AvgIpc) is 2.95. The van der Waals surface area contributed by atoms with E-state index in [2.05, 4.69) is 42.5 Å². The molecule has 0 spiro atoms. The van der Waals surface area contributed by atoms with Crippen LogP contribution in [0.15, 0.2) is 89.9 Å². The lowest BCUT2D eigenvalue weighted by molar-refractivity contribution is 1.20. The molecule has 156 valence electrons. The molecule has 0 amide bonds. The molecule has 4 nitrogen and oxygen atoms in total. The van der Waals surface area contributed by atoms with Gasteiger partial charge in [-0.05, 0) is 59.2 Å². The number of anilines is 1. The summed E-state index contributed by atoms with van der Waals surface area (Å²) in [6, 6.07) is 28.5. The van der Waals surface area contributed by atoms with Gasteiger partial charge in [-0.1, -0.05) is 66.2 Å².